The maximum Gasteiger partial charge on any atom is 0.252 e. The summed E-state index contributed by atoms with van der Waals surface area (Å²) in [7, 11) is 0. The fraction of sp³-hybridized carbons (Fsp3) is 0.284. The van der Waals surface area contributed by atoms with E-state index >= 15 is 0 Å². The molecule has 0 bridgehead atoms. The molecular weight excluding hydrogens is 1380 g/mol. The zero-order valence-electron chi connectivity index (χ0n) is 76.8. The van der Waals surface area contributed by atoms with Crippen LogP contribution >= 0.6 is 0 Å². The van der Waals surface area contributed by atoms with E-state index in [1.807, 2.05) is 111 Å². The van der Waals surface area contributed by atoms with Crippen molar-refractivity contribution in [3.8, 4) is 55.9 Å². The van der Waals surface area contributed by atoms with Crippen molar-refractivity contribution in [2.45, 2.75) is 186 Å². The molecular formula is C109H113BN4. The second-order valence-corrected chi connectivity index (χ2v) is 39.5. The van der Waals surface area contributed by atoms with Gasteiger partial charge in [-0.25, -0.2) is 0 Å². The standard InChI is InChI=1S/C109H113BN4/c1-103(2,3)66-69-54-100-102-101(55-69)114(97-65-83(71-36-28-23-29-37-71)75(68-105(7,8)9)57-85(97)73-40-32-25-33-41-73)99-63-81(112-94-52-44-78(108(16,17)18)60-88(94)89-61-79(109(19,20)21)45-53-95(89)112)47-49-91(99)110(102)90-48-46-80(111-92-50-42-76(106(10,11)12)58-86(92)87-59-77(107(13,14)15)43-51-93(87)111)62-98(90)113(100)96-64-82(70-34-26-22-27-35-70)74(67-104(4,5)6)56-84(96)72-38-30-24-31-39-72/h22-65H,66-68H2,1-21H3/i66D2,67D2,68D2. The molecule has 2 aliphatic heterocycles. The van der Waals surface area contributed by atoms with Gasteiger partial charge in [0, 0.05) is 75.0 Å². The molecule has 4 heterocycles. The number of aromatic nitrogens is 2. The van der Waals surface area contributed by atoms with E-state index in [4.69, 9.17) is 0 Å². The molecule has 2 aliphatic rings. The SMILES string of the molecule is [2H]C([2H])(c1cc2c3c(c1)N(c1cc(-c4ccccc4)c(C([2H])([2H])C(C)(C)C)cc1-c1ccccc1)c1cc(-n4c5ccc(C(C)(C)C)cc5c5cc(C(C)(C)C)ccc54)ccc1B3c1ccc(-n3c4ccc(C(C)(C)C)cc4c4cc(C(C)(C)C)ccc43)cc1N2c1cc(-c2ccccc2)c(C([2H])([2H])C(C)(C)C)cc1-c1ccccc1)C(C)(C)C. The molecule has 15 aromatic rings. The fourth-order valence-electron chi connectivity index (χ4n) is 17.7. The minimum atomic E-state index is -2.01. The molecule has 0 saturated carbocycles. The summed E-state index contributed by atoms with van der Waals surface area (Å²) in [5.74, 6) is 0. The molecule has 0 aliphatic carbocycles. The Kier molecular flexibility index (Phi) is 16.5. The van der Waals surface area contributed by atoms with Crippen LogP contribution in [0, 0.1) is 16.2 Å². The average Bonchev–Trinajstić information content (AvgIpc) is 0.701. The highest BCUT2D eigenvalue weighted by Gasteiger charge is 2.46. The summed E-state index contributed by atoms with van der Waals surface area (Å²) in [6, 6.07) is 96.9. The van der Waals surface area contributed by atoms with Crippen LogP contribution in [-0.2, 0) is 40.8 Å². The van der Waals surface area contributed by atoms with E-state index < -0.39 is 42.1 Å². The Hall–Kier alpha value is -10.9. The first kappa shape index (κ1) is 68.7. The third-order valence-corrected chi connectivity index (χ3v) is 23.2. The highest BCUT2D eigenvalue weighted by molar-refractivity contribution is 7.00. The van der Waals surface area contributed by atoms with Crippen LogP contribution in [0.25, 0.3) is 99.5 Å². The maximum absolute atomic E-state index is 11.0. The summed E-state index contributed by atoms with van der Waals surface area (Å²) in [6.07, 6.45) is -5.76. The van der Waals surface area contributed by atoms with Gasteiger partial charge in [0.25, 0.3) is 6.71 Å². The van der Waals surface area contributed by atoms with E-state index in [0.29, 0.717) is 16.7 Å². The highest BCUT2D eigenvalue weighted by Crippen LogP contribution is 2.54. The van der Waals surface area contributed by atoms with Gasteiger partial charge in [0.2, 0.25) is 0 Å². The average molecular weight is 1500 g/mol. The molecule has 5 heteroatoms. The quantitative estimate of drug-likeness (QED) is 0.120. The highest BCUT2D eigenvalue weighted by atomic mass is 15.2. The second-order valence-electron chi connectivity index (χ2n) is 39.5. The topological polar surface area (TPSA) is 16.3 Å². The molecule has 4 nitrogen and oxygen atoms in total. The molecule has 0 amide bonds. The lowest BCUT2D eigenvalue weighted by Gasteiger charge is -2.46. The van der Waals surface area contributed by atoms with Crippen molar-refractivity contribution in [3.05, 3.63) is 306 Å². The van der Waals surface area contributed by atoms with E-state index in [1.165, 1.54) is 43.8 Å². The van der Waals surface area contributed by atoms with Crippen molar-refractivity contribution < 1.29 is 8.22 Å². The van der Waals surface area contributed by atoms with Gasteiger partial charge in [0.05, 0.1) is 33.4 Å². The van der Waals surface area contributed by atoms with Crippen LogP contribution in [0.1, 0.15) is 193 Å². The molecule has 572 valence electrons. The molecule has 0 spiro atoms. The van der Waals surface area contributed by atoms with Crippen LogP contribution in [0.4, 0.5) is 34.1 Å². The van der Waals surface area contributed by atoms with Crippen LogP contribution in [0.3, 0.4) is 0 Å². The minimum absolute atomic E-state index is 0.136. The van der Waals surface area contributed by atoms with Gasteiger partial charge < -0.3 is 18.9 Å². The van der Waals surface area contributed by atoms with Gasteiger partial charge in [-0.15, -0.1) is 0 Å². The van der Waals surface area contributed by atoms with Crippen LogP contribution in [-0.4, -0.2) is 15.8 Å². The van der Waals surface area contributed by atoms with Crippen LogP contribution < -0.4 is 26.2 Å². The number of anilines is 6. The lowest BCUT2D eigenvalue weighted by Crippen LogP contribution is -2.61. The molecule has 0 unspecified atom stereocenters. The summed E-state index contributed by atoms with van der Waals surface area (Å²) in [5, 5.41) is 4.67. The molecule has 0 N–H and O–H groups in total. The number of hydrogen-bond donors (Lipinski definition) is 0. The Morgan fingerprint density at radius 3 is 0.833 bits per heavy atom. The monoisotopic (exact) mass is 1490 g/mol. The minimum Gasteiger partial charge on any atom is -0.311 e. The number of rotatable bonds is 11. The smallest absolute Gasteiger partial charge is 0.252 e. The van der Waals surface area contributed by atoms with Crippen LogP contribution in [0.15, 0.2) is 267 Å². The molecule has 13 aromatic carbocycles. The first-order valence-corrected chi connectivity index (χ1v) is 41.1. The molecule has 0 atom stereocenters. The van der Waals surface area contributed by atoms with Crippen LogP contribution in [0.2, 0.25) is 0 Å². The van der Waals surface area contributed by atoms with Crippen molar-refractivity contribution >= 4 is 101 Å². The lowest BCUT2D eigenvalue weighted by atomic mass is 9.33. The van der Waals surface area contributed by atoms with Crippen molar-refractivity contribution in [3.63, 3.8) is 0 Å². The van der Waals surface area contributed by atoms with Gasteiger partial charge in [0.15, 0.2) is 0 Å². The van der Waals surface area contributed by atoms with Crippen molar-refractivity contribution in [2.75, 3.05) is 9.80 Å². The summed E-state index contributed by atoms with van der Waals surface area (Å²) in [4.78, 5) is 4.87. The summed E-state index contributed by atoms with van der Waals surface area (Å²) >= 11 is 0. The molecule has 0 saturated heterocycles. The number of hydrogen-bond acceptors (Lipinski definition) is 2. The third kappa shape index (κ3) is 13.9. The molecule has 17 rings (SSSR count). The normalized spacial score (nSPS) is 14.7. The van der Waals surface area contributed by atoms with Crippen molar-refractivity contribution in [1.29, 1.82) is 0 Å². The number of benzene rings is 13. The Balaban J connectivity index is 1.08. The second kappa shape index (κ2) is 27.4. The molecule has 0 fully saturated rings. The Morgan fingerprint density at radius 1 is 0.263 bits per heavy atom. The predicted octanol–water partition coefficient (Wildman–Crippen LogP) is 28.6. The van der Waals surface area contributed by atoms with E-state index in [1.54, 1.807) is 0 Å². The first-order valence-electron chi connectivity index (χ1n) is 44.1. The van der Waals surface area contributed by atoms with Gasteiger partial charge >= 0.3 is 0 Å². The van der Waals surface area contributed by atoms with Gasteiger partial charge in [-0.3, -0.25) is 0 Å². The van der Waals surface area contributed by atoms with Gasteiger partial charge in [-0.05, 0) is 255 Å². The Labute approximate surface area is 688 Å². The third-order valence-electron chi connectivity index (χ3n) is 23.2. The zero-order chi connectivity index (χ0) is 85.6. The largest absolute Gasteiger partial charge is 0.311 e. The molecule has 0 radical (unpaired) electrons. The van der Waals surface area contributed by atoms with Gasteiger partial charge in [0.1, 0.15) is 0 Å². The summed E-state index contributed by atoms with van der Waals surface area (Å²) < 4.78 is 68.8. The van der Waals surface area contributed by atoms with E-state index in [0.717, 1.165) is 128 Å². The number of nitrogens with zero attached hydrogens (tertiary/aromatic N) is 4. The summed E-state index contributed by atoms with van der Waals surface area (Å²) in [6.45, 7) is 44.9. The predicted molar refractivity (Wildman–Crippen MR) is 495 cm³/mol. The molecule has 2 aromatic heterocycles. The molecule has 114 heavy (non-hydrogen) atoms. The first-order chi connectivity index (χ1) is 56.2. The van der Waals surface area contributed by atoms with Crippen molar-refractivity contribution in [1.82, 2.24) is 9.13 Å². The van der Waals surface area contributed by atoms with Gasteiger partial charge in [-0.2, -0.15) is 0 Å². The maximum atomic E-state index is 11.0. The van der Waals surface area contributed by atoms with Crippen molar-refractivity contribution in [2.24, 2.45) is 16.2 Å². The van der Waals surface area contributed by atoms with Crippen LogP contribution in [0.5, 0.6) is 0 Å². The van der Waals surface area contributed by atoms with E-state index in [9.17, 15) is 8.22 Å². The lowest BCUT2D eigenvalue weighted by molar-refractivity contribution is 0.411. The van der Waals surface area contributed by atoms with E-state index in [2.05, 4.69) is 320 Å². The fourth-order valence-corrected chi connectivity index (χ4v) is 17.7. The zero-order valence-corrected chi connectivity index (χ0v) is 70.8. The summed E-state index contributed by atoms with van der Waals surface area (Å²) in [5.41, 5.74) is 24.1. The Bertz CT molecular complexity index is 6070. The Morgan fingerprint density at radius 2 is 0.553 bits per heavy atom. The van der Waals surface area contributed by atoms with Gasteiger partial charge in [-0.1, -0.05) is 303 Å². The number of fused-ring (bicyclic) bond motifs is 10. The van der Waals surface area contributed by atoms with E-state index in [-0.39, 0.29) is 21.7 Å².